The molecule has 3 nitrogen and oxygen atoms in total. The second kappa shape index (κ2) is 7.33. The molecule has 1 N–H and O–H groups in total. The van der Waals surface area contributed by atoms with E-state index >= 15 is 0 Å². The summed E-state index contributed by atoms with van der Waals surface area (Å²) in [6.07, 6.45) is -1.75. The van der Waals surface area contributed by atoms with E-state index in [1.54, 1.807) is 24.3 Å². The molecule has 28 heavy (non-hydrogen) atoms. The van der Waals surface area contributed by atoms with Crippen LogP contribution in [0.3, 0.4) is 0 Å². The Morgan fingerprint density at radius 2 is 1.86 bits per heavy atom. The summed E-state index contributed by atoms with van der Waals surface area (Å²) in [5.41, 5.74) is 1.94. The van der Waals surface area contributed by atoms with Crippen molar-refractivity contribution in [3.05, 3.63) is 63.6 Å². The third kappa shape index (κ3) is 3.59. The van der Waals surface area contributed by atoms with Crippen molar-refractivity contribution in [2.45, 2.75) is 25.4 Å². The molecule has 0 atom stereocenters. The van der Waals surface area contributed by atoms with Gasteiger partial charge in [0.15, 0.2) is 0 Å². The molecule has 0 unspecified atom stereocenters. The topological polar surface area (TPSA) is 29.9 Å². The lowest BCUT2D eigenvalue weighted by molar-refractivity contribution is -0.137. The summed E-state index contributed by atoms with van der Waals surface area (Å²) in [6, 6.07) is 10.3. The lowest BCUT2D eigenvalue weighted by Crippen LogP contribution is -2.09. The molecule has 0 saturated heterocycles. The highest BCUT2D eigenvalue weighted by Crippen LogP contribution is 2.38. The third-order valence-electron chi connectivity index (χ3n) is 4.73. The summed E-state index contributed by atoms with van der Waals surface area (Å²) in [4.78, 5) is 0. The second-order valence-corrected chi connectivity index (χ2v) is 7.49. The number of anilines is 1. The number of halogens is 5. The van der Waals surface area contributed by atoms with E-state index < -0.39 is 11.7 Å². The molecule has 0 saturated carbocycles. The van der Waals surface area contributed by atoms with Crippen molar-refractivity contribution in [1.82, 2.24) is 9.78 Å². The molecule has 0 radical (unpaired) electrons. The van der Waals surface area contributed by atoms with Gasteiger partial charge in [-0.2, -0.15) is 18.3 Å². The first-order chi connectivity index (χ1) is 13.3. The van der Waals surface area contributed by atoms with E-state index in [1.165, 1.54) is 10.7 Å². The molecule has 2 heterocycles. The average molecular weight is 426 g/mol. The standard InChI is InChI=1S/C20H16Cl2F3N3/c21-13-7-8-15(17(22)11-13)18-16-6-1-2-9-26-19(16)28(27-18)14-5-3-4-12(10-14)20(23,24)25/h3-5,7-8,10-11,26H,1-2,6,9H2. The highest BCUT2D eigenvalue weighted by Gasteiger charge is 2.31. The van der Waals surface area contributed by atoms with Crippen LogP contribution >= 0.6 is 23.2 Å². The van der Waals surface area contributed by atoms with Crippen LogP contribution in [-0.2, 0) is 12.6 Å². The molecule has 0 spiro atoms. The van der Waals surface area contributed by atoms with Crippen LogP contribution < -0.4 is 5.32 Å². The fraction of sp³-hybridized carbons (Fsp3) is 0.250. The van der Waals surface area contributed by atoms with Gasteiger partial charge in [-0.25, -0.2) is 4.68 Å². The maximum absolute atomic E-state index is 13.2. The van der Waals surface area contributed by atoms with Crippen LogP contribution in [0.5, 0.6) is 0 Å². The minimum absolute atomic E-state index is 0.344. The molecule has 2 aromatic carbocycles. The van der Waals surface area contributed by atoms with Crippen molar-refractivity contribution in [1.29, 1.82) is 0 Å². The van der Waals surface area contributed by atoms with E-state index in [0.717, 1.165) is 43.5 Å². The number of aromatic nitrogens is 2. The predicted octanol–water partition coefficient (Wildman–Crippen LogP) is 6.61. The van der Waals surface area contributed by atoms with Gasteiger partial charge in [-0.3, -0.25) is 0 Å². The van der Waals surface area contributed by atoms with E-state index in [-0.39, 0.29) is 0 Å². The Morgan fingerprint density at radius 1 is 1.04 bits per heavy atom. The fourth-order valence-corrected chi connectivity index (χ4v) is 3.90. The van der Waals surface area contributed by atoms with Gasteiger partial charge in [0.2, 0.25) is 0 Å². The number of rotatable bonds is 2. The molecule has 4 rings (SSSR count). The molecule has 0 amide bonds. The molecule has 8 heteroatoms. The average Bonchev–Trinajstić information content (AvgIpc) is 2.83. The van der Waals surface area contributed by atoms with Gasteiger partial charge in [-0.05, 0) is 55.7 Å². The molecule has 1 aliphatic heterocycles. The number of alkyl halides is 3. The molecule has 146 valence electrons. The number of hydrogen-bond donors (Lipinski definition) is 1. The lowest BCUT2D eigenvalue weighted by Gasteiger charge is -2.12. The number of nitrogens with one attached hydrogen (secondary N) is 1. The second-order valence-electron chi connectivity index (χ2n) is 6.64. The quantitative estimate of drug-likeness (QED) is 0.500. The molecule has 0 fully saturated rings. The van der Waals surface area contributed by atoms with Gasteiger partial charge in [0.1, 0.15) is 5.82 Å². The Bertz CT molecular complexity index is 1030. The van der Waals surface area contributed by atoms with E-state index in [0.29, 0.717) is 32.8 Å². The summed E-state index contributed by atoms with van der Waals surface area (Å²) >= 11 is 12.4. The minimum Gasteiger partial charge on any atom is -0.370 e. The highest BCUT2D eigenvalue weighted by atomic mass is 35.5. The van der Waals surface area contributed by atoms with E-state index in [1.807, 2.05) is 0 Å². The largest absolute Gasteiger partial charge is 0.416 e. The van der Waals surface area contributed by atoms with Gasteiger partial charge in [0.25, 0.3) is 0 Å². The minimum atomic E-state index is -4.42. The summed E-state index contributed by atoms with van der Waals surface area (Å²) < 4.78 is 41.1. The van der Waals surface area contributed by atoms with Crippen molar-refractivity contribution in [3.63, 3.8) is 0 Å². The first kappa shape index (κ1) is 19.2. The molecule has 1 aromatic heterocycles. The number of benzene rings is 2. The third-order valence-corrected chi connectivity index (χ3v) is 5.28. The van der Waals surface area contributed by atoms with Crippen LogP contribution in [-0.4, -0.2) is 16.3 Å². The van der Waals surface area contributed by atoms with Crippen LogP contribution in [0.4, 0.5) is 19.0 Å². The first-order valence-corrected chi connectivity index (χ1v) is 9.59. The SMILES string of the molecule is FC(F)(F)c1cccc(-n2nc(-c3ccc(Cl)cc3Cl)c3c2NCCCC3)c1. The van der Waals surface area contributed by atoms with Crippen molar-refractivity contribution in [3.8, 4) is 16.9 Å². The van der Waals surface area contributed by atoms with Gasteiger partial charge in [0, 0.05) is 22.7 Å². The first-order valence-electron chi connectivity index (χ1n) is 8.83. The van der Waals surface area contributed by atoms with Crippen LogP contribution in [0.15, 0.2) is 42.5 Å². The van der Waals surface area contributed by atoms with Crippen LogP contribution in [0.2, 0.25) is 10.0 Å². The smallest absolute Gasteiger partial charge is 0.370 e. The van der Waals surface area contributed by atoms with Crippen molar-refractivity contribution in [2.75, 3.05) is 11.9 Å². The van der Waals surface area contributed by atoms with Gasteiger partial charge in [0.05, 0.1) is 22.0 Å². The summed E-state index contributed by atoms with van der Waals surface area (Å²) in [5.74, 6) is 0.706. The summed E-state index contributed by atoms with van der Waals surface area (Å²) in [5, 5.41) is 8.93. The summed E-state index contributed by atoms with van der Waals surface area (Å²) in [6.45, 7) is 0.728. The fourth-order valence-electron chi connectivity index (χ4n) is 3.40. The molecular formula is C20H16Cl2F3N3. The Morgan fingerprint density at radius 3 is 2.61 bits per heavy atom. The van der Waals surface area contributed by atoms with Crippen molar-refractivity contribution < 1.29 is 13.2 Å². The zero-order valence-corrected chi connectivity index (χ0v) is 16.2. The number of fused-ring (bicyclic) bond motifs is 1. The van der Waals surface area contributed by atoms with Gasteiger partial charge < -0.3 is 5.32 Å². The van der Waals surface area contributed by atoms with Crippen LogP contribution in [0.25, 0.3) is 16.9 Å². The van der Waals surface area contributed by atoms with Gasteiger partial charge in [-0.15, -0.1) is 0 Å². The number of nitrogens with zero attached hydrogens (tertiary/aromatic N) is 2. The highest BCUT2D eigenvalue weighted by molar-refractivity contribution is 6.36. The Kier molecular flexibility index (Phi) is 5.02. The lowest BCUT2D eigenvalue weighted by atomic mass is 10.0. The Balaban J connectivity index is 1.91. The van der Waals surface area contributed by atoms with Crippen molar-refractivity contribution >= 4 is 29.0 Å². The Hall–Kier alpha value is -2.18. The molecule has 0 bridgehead atoms. The monoisotopic (exact) mass is 425 g/mol. The maximum Gasteiger partial charge on any atom is 0.416 e. The zero-order chi connectivity index (χ0) is 19.9. The molecule has 0 aliphatic carbocycles. The molecule has 3 aromatic rings. The zero-order valence-electron chi connectivity index (χ0n) is 14.7. The Labute approximate surface area is 170 Å². The number of hydrogen-bond acceptors (Lipinski definition) is 2. The molecular weight excluding hydrogens is 410 g/mol. The van der Waals surface area contributed by atoms with Gasteiger partial charge in [-0.1, -0.05) is 29.3 Å². The van der Waals surface area contributed by atoms with E-state index in [9.17, 15) is 13.2 Å². The maximum atomic E-state index is 13.2. The summed E-state index contributed by atoms with van der Waals surface area (Å²) in [7, 11) is 0. The normalized spacial score (nSPS) is 14.3. The predicted molar refractivity (Wildman–Crippen MR) is 105 cm³/mol. The van der Waals surface area contributed by atoms with E-state index in [4.69, 9.17) is 23.2 Å². The van der Waals surface area contributed by atoms with Crippen LogP contribution in [0.1, 0.15) is 24.0 Å². The molecule has 1 aliphatic rings. The van der Waals surface area contributed by atoms with E-state index in [2.05, 4.69) is 10.4 Å². The van der Waals surface area contributed by atoms with Gasteiger partial charge >= 0.3 is 6.18 Å². The van der Waals surface area contributed by atoms with Crippen molar-refractivity contribution in [2.24, 2.45) is 0 Å². The van der Waals surface area contributed by atoms with Crippen LogP contribution in [0, 0.1) is 0 Å².